The Bertz CT molecular complexity index is 517. The largest absolute Gasteiger partial charge is 0.488 e. The number of pyridine rings is 1. The molecule has 0 spiro atoms. The summed E-state index contributed by atoms with van der Waals surface area (Å²) >= 11 is 3.44. The maximum atomic E-state index is 5.75. The third-order valence-electron chi connectivity index (χ3n) is 2.24. The maximum absolute atomic E-state index is 5.75. The molecule has 3 nitrogen and oxygen atoms in total. The maximum Gasteiger partial charge on any atom is 0.262 e. The molecule has 0 aliphatic heterocycles. The van der Waals surface area contributed by atoms with E-state index in [1.165, 1.54) is 0 Å². The molecular weight excluding hydrogens is 294 g/mol. The molecule has 0 saturated heterocycles. The Morgan fingerprint density at radius 2 is 1.89 bits per heavy atom. The molecule has 0 radical (unpaired) electrons. The standard InChI is InChI=1S/C14H14BrNO2/c1-2-10-17-13-8-5-9-16-14(13)18-12-7-4-3-6-11(12)15/h3-9H,2,10H2,1H3. The molecule has 0 amide bonds. The van der Waals surface area contributed by atoms with Gasteiger partial charge in [-0.1, -0.05) is 19.1 Å². The number of nitrogens with zero attached hydrogens (tertiary/aromatic N) is 1. The zero-order chi connectivity index (χ0) is 12.8. The second-order valence-corrected chi connectivity index (χ2v) is 4.54. The van der Waals surface area contributed by atoms with Gasteiger partial charge in [0.25, 0.3) is 5.88 Å². The van der Waals surface area contributed by atoms with Crippen molar-refractivity contribution in [2.75, 3.05) is 6.61 Å². The van der Waals surface area contributed by atoms with E-state index in [0.29, 0.717) is 18.2 Å². The highest BCUT2D eigenvalue weighted by Crippen LogP contribution is 2.33. The van der Waals surface area contributed by atoms with Crippen molar-refractivity contribution in [2.24, 2.45) is 0 Å². The Morgan fingerprint density at radius 3 is 2.67 bits per heavy atom. The smallest absolute Gasteiger partial charge is 0.262 e. The zero-order valence-corrected chi connectivity index (χ0v) is 11.7. The number of ether oxygens (including phenoxy) is 2. The fourth-order valence-electron chi connectivity index (χ4n) is 1.41. The number of aromatic nitrogens is 1. The van der Waals surface area contributed by atoms with Crippen molar-refractivity contribution in [1.82, 2.24) is 4.98 Å². The van der Waals surface area contributed by atoms with Gasteiger partial charge in [-0.05, 0) is 46.6 Å². The summed E-state index contributed by atoms with van der Waals surface area (Å²) in [5.41, 5.74) is 0. The first-order valence-corrected chi connectivity index (χ1v) is 6.60. The number of benzene rings is 1. The van der Waals surface area contributed by atoms with Crippen LogP contribution in [0.4, 0.5) is 0 Å². The van der Waals surface area contributed by atoms with Crippen LogP contribution in [0.5, 0.6) is 17.4 Å². The van der Waals surface area contributed by atoms with E-state index in [9.17, 15) is 0 Å². The van der Waals surface area contributed by atoms with Crippen LogP contribution in [-0.2, 0) is 0 Å². The lowest BCUT2D eigenvalue weighted by molar-refractivity contribution is 0.298. The van der Waals surface area contributed by atoms with Crippen LogP contribution >= 0.6 is 15.9 Å². The Morgan fingerprint density at radius 1 is 1.11 bits per heavy atom. The third kappa shape index (κ3) is 3.23. The molecule has 2 rings (SSSR count). The van der Waals surface area contributed by atoms with E-state index in [4.69, 9.17) is 9.47 Å². The molecular formula is C14H14BrNO2. The van der Waals surface area contributed by atoms with E-state index in [0.717, 1.165) is 16.6 Å². The average Bonchev–Trinajstić information content (AvgIpc) is 2.40. The molecule has 0 bridgehead atoms. The molecule has 0 N–H and O–H groups in total. The van der Waals surface area contributed by atoms with Crippen LogP contribution in [0.2, 0.25) is 0 Å². The van der Waals surface area contributed by atoms with Crippen LogP contribution < -0.4 is 9.47 Å². The SMILES string of the molecule is CCCOc1cccnc1Oc1ccccc1Br. The molecule has 4 heteroatoms. The van der Waals surface area contributed by atoms with Gasteiger partial charge in [0.1, 0.15) is 5.75 Å². The van der Waals surface area contributed by atoms with Crippen LogP contribution in [0.3, 0.4) is 0 Å². The van der Waals surface area contributed by atoms with Crippen molar-refractivity contribution in [3.63, 3.8) is 0 Å². The summed E-state index contributed by atoms with van der Waals surface area (Å²) in [5.74, 6) is 1.87. The summed E-state index contributed by atoms with van der Waals surface area (Å²) in [7, 11) is 0. The van der Waals surface area contributed by atoms with Gasteiger partial charge in [-0.15, -0.1) is 0 Å². The summed E-state index contributed by atoms with van der Waals surface area (Å²) in [6.07, 6.45) is 2.63. The van der Waals surface area contributed by atoms with Gasteiger partial charge >= 0.3 is 0 Å². The van der Waals surface area contributed by atoms with Crippen molar-refractivity contribution in [3.8, 4) is 17.4 Å². The molecule has 0 aliphatic carbocycles. The first kappa shape index (κ1) is 12.9. The molecule has 1 aromatic carbocycles. The summed E-state index contributed by atoms with van der Waals surface area (Å²) in [4.78, 5) is 4.20. The summed E-state index contributed by atoms with van der Waals surface area (Å²) < 4.78 is 12.2. The first-order valence-electron chi connectivity index (χ1n) is 5.81. The van der Waals surface area contributed by atoms with Gasteiger partial charge in [0, 0.05) is 6.20 Å². The zero-order valence-electron chi connectivity index (χ0n) is 10.1. The highest BCUT2D eigenvalue weighted by atomic mass is 79.9. The average molecular weight is 308 g/mol. The lowest BCUT2D eigenvalue weighted by atomic mass is 10.3. The molecule has 0 saturated carbocycles. The quantitative estimate of drug-likeness (QED) is 0.819. The van der Waals surface area contributed by atoms with Gasteiger partial charge in [0.15, 0.2) is 5.75 Å². The van der Waals surface area contributed by atoms with Gasteiger partial charge in [-0.2, -0.15) is 0 Å². The predicted octanol–water partition coefficient (Wildman–Crippen LogP) is 4.43. The van der Waals surface area contributed by atoms with Gasteiger partial charge < -0.3 is 9.47 Å². The van der Waals surface area contributed by atoms with Crippen LogP contribution in [0.25, 0.3) is 0 Å². The van der Waals surface area contributed by atoms with Gasteiger partial charge in [-0.25, -0.2) is 4.98 Å². The lowest BCUT2D eigenvalue weighted by Crippen LogP contribution is -1.98. The third-order valence-corrected chi connectivity index (χ3v) is 2.90. The fourth-order valence-corrected chi connectivity index (χ4v) is 1.77. The van der Waals surface area contributed by atoms with Crippen LogP contribution in [-0.4, -0.2) is 11.6 Å². The molecule has 18 heavy (non-hydrogen) atoms. The highest BCUT2D eigenvalue weighted by Gasteiger charge is 2.08. The lowest BCUT2D eigenvalue weighted by Gasteiger charge is -2.11. The Hall–Kier alpha value is -1.55. The van der Waals surface area contributed by atoms with Crippen LogP contribution in [0.15, 0.2) is 47.1 Å². The Labute approximate surface area is 115 Å². The number of para-hydroxylation sites is 1. The molecule has 1 heterocycles. The number of halogens is 1. The van der Waals surface area contributed by atoms with Crippen LogP contribution in [0.1, 0.15) is 13.3 Å². The molecule has 0 atom stereocenters. The second kappa shape index (κ2) is 6.40. The van der Waals surface area contributed by atoms with E-state index in [-0.39, 0.29) is 0 Å². The summed E-state index contributed by atoms with van der Waals surface area (Å²) in [6.45, 7) is 2.71. The number of rotatable bonds is 5. The molecule has 1 aromatic heterocycles. The normalized spacial score (nSPS) is 10.1. The van der Waals surface area contributed by atoms with E-state index in [1.807, 2.05) is 36.4 Å². The van der Waals surface area contributed by atoms with Crippen molar-refractivity contribution >= 4 is 15.9 Å². The Balaban J connectivity index is 2.21. The summed E-state index contributed by atoms with van der Waals surface area (Å²) in [6, 6.07) is 11.3. The van der Waals surface area contributed by atoms with Crippen molar-refractivity contribution in [2.45, 2.75) is 13.3 Å². The number of hydrogen-bond acceptors (Lipinski definition) is 3. The minimum absolute atomic E-state index is 0.484. The van der Waals surface area contributed by atoms with Crippen molar-refractivity contribution in [1.29, 1.82) is 0 Å². The van der Waals surface area contributed by atoms with Crippen molar-refractivity contribution < 1.29 is 9.47 Å². The van der Waals surface area contributed by atoms with Crippen LogP contribution in [0, 0.1) is 0 Å². The van der Waals surface area contributed by atoms with Gasteiger partial charge in [0.05, 0.1) is 11.1 Å². The van der Waals surface area contributed by atoms with Gasteiger partial charge in [-0.3, -0.25) is 0 Å². The van der Waals surface area contributed by atoms with E-state index in [1.54, 1.807) is 6.20 Å². The summed E-state index contributed by atoms with van der Waals surface area (Å²) in [5, 5.41) is 0. The number of hydrogen-bond donors (Lipinski definition) is 0. The first-order chi connectivity index (χ1) is 8.81. The molecule has 2 aromatic rings. The van der Waals surface area contributed by atoms with E-state index < -0.39 is 0 Å². The van der Waals surface area contributed by atoms with Crippen molar-refractivity contribution in [3.05, 3.63) is 47.1 Å². The minimum Gasteiger partial charge on any atom is -0.488 e. The topological polar surface area (TPSA) is 31.4 Å². The fraction of sp³-hybridized carbons (Fsp3) is 0.214. The van der Waals surface area contributed by atoms with E-state index >= 15 is 0 Å². The molecule has 0 unspecified atom stereocenters. The van der Waals surface area contributed by atoms with E-state index in [2.05, 4.69) is 27.8 Å². The monoisotopic (exact) mass is 307 g/mol. The molecule has 0 aliphatic rings. The molecule has 0 fully saturated rings. The Kier molecular flexibility index (Phi) is 4.59. The second-order valence-electron chi connectivity index (χ2n) is 3.69. The highest BCUT2D eigenvalue weighted by molar-refractivity contribution is 9.10. The minimum atomic E-state index is 0.484. The van der Waals surface area contributed by atoms with Gasteiger partial charge in [0.2, 0.25) is 0 Å². The molecule has 94 valence electrons. The predicted molar refractivity (Wildman–Crippen MR) is 74.2 cm³/mol.